The number of urea groups is 1. The number of carbonyl (C=O) groups excluding carboxylic acids is 2. The van der Waals surface area contributed by atoms with E-state index in [9.17, 15) is 19.5 Å². The third kappa shape index (κ3) is 7.14. The molecule has 12 heteroatoms. The van der Waals surface area contributed by atoms with Crippen molar-refractivity contribution in [2.45, 2.75) is 32.0 Å². The number of hydrogen-bond donors (Lipinski definition) is 3. The maximum Gasteiger partial charge on any atom is 0.410 e. The van der Waals surface area contributed by atoms with Crippen molar-refractivity contribution < 1.29 is 33.7 Å². The number of carbonyl (C=O) groups is 3. The summed E-state index contributed by atoms with van der Waals surface area (Å²) < 4.78 is 16.1. The van der Waals surface area contributed by atoms with Crippen LogP contribution in [0.3, 0.4) is 0 Å². The molecule has 37 heavy (non-hydrogen) atoms. The van der Waals surface area contributed by atoms with Crippen LogP contribution < -0.4 is 20.1 Å². The number of ether oxygens (including phenoxy) is 3. The molecule has 0 aliphatic carbocycles. The fraction of sp³-hybridized carbons (Fsp3) is 0.320. The van der Waals surface area contributed by atoms with Crippen LogP contribution in [0.1, 0.15) is 40.7 Å². The first-order valence-corrected chi connectivity index (χ1v) is 13.3. The largest absolute Gasteiger partial charge is 0.481 e. The zero-order valence-electron chi connectivity index (χ0n) is 20.0. The first-order chi connectivity index (χ1) is 17.9. The Bertz CT molecular complexity index is 1200. The number of thiophene rings is 2. The number of amides is 3. The van der Waals surface area contributed by atoms with Crippen LogP contribution >= 0.6 is 22.7 Å². The Kier molecular flexibility index (Phi) is 8.86. The Morgan fingerprint density at radius 3 is 2.62 bits per heavy atom. The summed E-state index contributed by atoms with van der Waals surface area (Å²) in [7, 11) is 0. The lowest BCUT2D eigenvalue weighted by Crippen LogP contribution is -2.41. The Hall–Kier alpha value is -3.77. The van der Waals surface area contributed by atoms with Gasteiger partial charge in [-0.1, -0.05) is 18.2 Å². The molecule has 10 nitrogen and oxygen atoms in total. The molecule has 1 aliphatic rings. The van der Waals surface area contributed by atoms with Crippen molar-refractivity contribution in [2.75, 3.05) is 19.9 Å². The molecule has 3 N–H and O–H groups in total. The van der Waals surface area contributed by atoms with Crippen LogP contribution in [0.4, 0.5) is 9.59 Å². The van der Waals surface area contributed by atoms with E-state index in [1.54, 1.807) is 45.8 Å². The highest BCUT2D eigenvalue weighted by Crippen LogP contribution is 2.35. The number of fused-ring (bicyclic) bond motifs is 1. The third-order valence-electron chi connectivity index (χ3n) is 5.66. The van der Waals surface area contributed by atoms with Gasteiger partial charge in [-0.3, -0.25) is 9.69 Å². The molecule has 2 atom stereocenters. The quantitative estimate of drug-likeness (QED) is 0.297. The van der Waals surface area contributed by atoms with E-state index in [2.05, 4.69) is 10.6 Å². The van der Waals surface area contributed by atoms with Gasteiger partial charge in [-0.05, 0) is 47.5 Å². The topological polar surface area (TPSA) is 126 Å². The van der Waals surface area contributed by atoms with Gasteiger partial charge in [0.2, 0.25) is 6.79 Å². The molecule has 3 amide bonds. The maximum absolute atomic E-state index is 12.9. The Morgan fingerprint density at radius 2 is 1.89 bits per heavy atom. The van der Waals surface area contributed by atoms with Gasteiger partial charge < -0.3 is 30.0 Å². The monoisotopic (exact) mass is 545 g/mol. The Morgan fingerprint density at radius 1 is 1.11 bits per heavy atom. The maximum atomic E-state index is 12.9. The van der Waals surface area contributed by atoms with Crippen LogP contribution in [-0.4, -0.2) is 48.0 Å². The van der Waals surface area contributed by atoms with Gasteiger partial charge in [-0.25, -0.2) is 9.59 Å². The molecule has 0 fully saturated rings. The number of carboxylic acid groups (broad SMARTS) is 1. The SMILES string of the molecule is CC(c1cccs1)N(Cc1cccs1)C(=O)OCCNC(=O)N[C@@H](CC(=O)O)c1ccc2c(c1)OCO2. The highest BCUT2D eigenvalue weighted by molar-refractivity contribution is 7.10. The summed E-state index contributed by atoms with van der Waals surface area (Å²) in [5, 5.41) is 18.5. The minimum absolute atomic E-state index is 0.0437. The van der Waals surface area contributed by atoms with E-state index in [1.807, 2.05) is 41.9 Å². The van der Waals surface area contributed by atoms with Gasteiger partial charge in [-0.15, -0.1) is 22.7 Å². The summed E-state index contributed by atoms with van der Waals surface area (Å²) in [5.41, 5.74) is 0.569. The third-order valence-corrected chi connectivity index (χ3v) is 7.56. The number of rotatable bonds is 11. The normalized spacial score (nSPS) is 13.4. The van der Waals surface area contributed by atoms with Gasteiger partial charge in [0.25, 0.3) is 0 Å². The van der Waals surface area contributed by atoms with Gasteiger partial charge in [0.05, 0.1) is 31.6 Å². The summed E-state index contributed by atoms with van der Waals surface area (Å²) in [6, 6.07) is 11.3. The lowest BCUT2D eigenvalue weighted by molar-refractivity contribution is -0.137. The lowest BCUT2D eigenvalue weighted by Gasteiger charge is -2.27. The number of carboxylic acids is 1. The van der Waals surface area contributed by atoms with Crippen LogP contribution in [0.25, 0.3) is 0 Å². The smallest absolute Gasteiger partial charge is 0.410 e. The molecule has 3 aromatic rings. The van der Waals surface area contributed by atoms with E-state index < -0.39 is 24.1 Å². The molecule has 0 radical (unpaired) electrons. The van der Waals surface area contributed by atoms with Gasteiger partial charge in [0, 0.05) is 9.75 Å². The molecule has 1 unspecified atom stereocenters. The summed E-state index contributed by atoms with van der Waals surface area (Å²) in [6.07, 6.45) is -0.805. The zero-order valence-corrected chi connectivity index (χ0v) is 21.7. The van der Waals surface area contributed by atoms with Crippen LogP contribution in [-0.2, 0) is 16.1 Å². The van der Waals surface area contributed by atoms with Crippen molar-refractivity contribution in [1.29, 1.82) is 0 Å². The molecule has 0 saturated heterocycles. The first kappa shape index (κ1) is 26.3. The zero-order chi connectivity index (χ0) is 26.2. The highest BCUT2D eigenvalue weighted by Gasteiger charge is 2.25. The molecule has 4 rings (SSSR count). The van der Waals surface area contributed by atoms with Gasteiger partial charge in [0.15, 0.2) is 11.5 Å². The standard InChI is InChI=1S/C25H27N3O7S2/c1-16(22-5-3-11-37-22)28(14-18-4-2-10-36-18)25(32)33-9-8-26-24(31)27-19(13-23(29)30)17-6-7-20-21(12-17)35-15-34-20/h2-7,10-12,16,19H,8-9,13-15H2,1H3,(H,29,30)(H2,26,27,31)/t16?,19-/m0/s1. The molecule has 196 valence electrons. The molecule has 3 heterocycles. The predicted octanol–water partition coefficient (Wildman–Crippen LogP) is 4.75. The number of benzene rings is 1. The second-order valence-corrected chi connectivity index (χ2v) is 10.2. The van der Waals surface area contributed by atoms with Gasteiger partial charge in [-0.2, -0.15) is 0 Å². The summed E-state index contributed by atoms with van der Waals surface area (Å²) in [5.74, 6) is -0.0147. The number of hydrogen-bond acceptors (Lipinski definition) is 8. The molecule has 0 saturated carbocycles. The number of nitrogens with one attached hydrogen (secondary N) is 2. The van der Waals surface area contributed by atoms with E-state index in [0.29, 0.717) is 23.6 Å². The van der Waals surface area contributed by atoms with Gasteiger partial charge in [0.1, 0.15) is 6.61 Å². The minimum Gasteiger partial charge on any atom is -0.481 e. The van der Waals surface area contributed by atoms with Crippen LogP contribution in [0.2, 0.25) is 0 Å². The van der Waals surface area contributed by atoms with Crippen molar-refractivity contribution in [3.05, 3.63) is 68.5 Å². The lowest BCUT2D eigenvalue weighted by atomic mass is 10.0. The van der Waals surface area contributed by atoms with Crippen LogP contribution in [0.15, 0.2) is 53.2 Å². The van der Waals surface area contributed by atoms with E-state index in [1.165, 1.54) is 0 Å². The highest BCUT2D eigenvalue weighted by atomic mass is 32.1. The van der Waals surface area contributed by atoms with Crippen molar-refractivity contribution in [3.63, 3.8) is 0 Å². The number of aliphatic carboxylic acids is 1. The second kappa shape index (κ2) is 12.5. The van der Waals surface area contributed by atoms with E-state index in [-0.39, 0.29) is 32.4 Å². The van der Waals surface area contributed by atoms with Gasteiger partial charge >= 0.3 is 18.1 Å². The summed E-state index contributed by atoms with van der Waals surface area (Å²) in [6.45, 7) is 2.46. The molecule has 1 aliphatic heterocycles. The molecule has 2 aromatic heterocycles. The van der Waals surface area contributed by atoms with Crippen molar-refractivity contribution >= 4 is 40.8 Å². The van der Waals surface area contributed by atoms with Crippen molar-refractivity contribution in [1.82, 2.24) is 15.5 Å². The summed E-state index contributed by atoms with van der Waals surface area (Å²) >= 11 is 3.13. The molecule has 0 spiro atoms. The van der Waals surface area contributed by atoms with E-state index in [0.717, 1.165) is 9.75 Å². The molecule has 0 bridgehead atoms. The fourth-order valence-corrected chi connectivity index (χ4v) is 5.26. The fourth-order valence-electron chi connectivity index (χ4n) is 3.76. The van der Waals surface area contributed by atoms with E-state index >= 15 is 0 Å². The minimum atomic E-state index is -1.07. The number of nitrogens with zero attached hydrogens (tertiary/aromatic N) is 1. The van der Waals surface area contributed by atoms with Crippen LogP contribution in [0.5, 0.6) is 11.5 Å². The Balaban J connectivity index is 1.29. The molecular weight excluding hydrogens is 518 g/mol. The average molecular weight is 546 g/mol. The predicted molar refractivity (Wildman–Crippen MR) is 138 cm³/mol. The van der Waals surface area contributed by atoms with Crippen molar-refractivity contribution in [2.24, 2.45) is 0 Å². The van der Waals surface area contributed by atoms with Crippen LogP contribution in [0, 0.1) is 0 Å². The first-order valence-electron chi connectivity index (χ1n) is 11.6. The Labute approximate surface area is 221 Å². The van der Waals surface area contributed by atoms with Crippen molar-refractivity contribution in [3.8, 4) is 11.5 Å². The van der Waals surface area contributed by atoms with E-state index in [4.69, 9.17) is 14.2 Å². The summed E-state index contributed by atoms with van der Waals surface area (Å²) in [4.78, 5) is 40.5. The average Bonchev–Trinajstić information content (AvgIpc) is 3.66. The molecular formula is C25H27N3O7S2. The molecule has 1 aromatic carbocycles. The second-order valence-electron chi connectivity index (χ2n) is 8.18.